The number of aromatic nitrogens is 3. The first-order valence-electron chi connectivity index (χ1n) is 7.84. The van der Waals surface area contributed by atoms with E-state index in [9.17, 15) is 13.2 Å². The number of rotatable bonds is 8. The van der Waals surface area contributed by atoms with Gasteiger partial charge < -0.3 is 14.6 Å². The predicted octanol–water partition coefficient (Wildman–Crippen LogP) is 0.0355. The van der Waals surface area contributed by atoms with Crippen molar-refractivity contribution < 1.29 is 17.9 Å². The molecule has 2 atom stereocenters. The number of carbonyl (C=O) groups is 1. The molecule has 1 aromatic rings. The predicted molar refractivity (Wildman–Crippen MR) is 91.7 cm³/mol. The van der Waals surface area contributed by atoms with Gasteiger partial charge in [-0.15, -0.1) is 10.2 Å². The lowest BCUT2D eigenvalue weighted by Gasteiger charge is -2.12. The Morgan fingerprint density at radius 2 is 2.25 bits per heavy atom. The van der Waals surface area contributed by atoms with E-state index in [0.29, 0.717) is 31.1 Å². The molecule has 1 aromatic heterocycles. The van der Waals surface area contributed by atoms with Gasteiger partial charge in [-0.05, 0) is 19.3 Å². The smallest absolute Gasteiger partial charge is 0.233 e. The van der Waals surface area contributed by atoms with E-state index in [1.807, 2.05) is 18.5 Å². The average molecular weight is 377 g/mol. The highest BCUT2D eigenvalue weighted by Crippen LogP contribution is 2.25. The number of nitrogens with zero attached hydrogens (tertiary/aromatic N) is 3. The van der Waals surface area contributed by atoms with E-state index in [-0.39, 0.29) is 28.6 Å². The number of hydrogen-bond donors (Lipinski definition) is 1. The summed E-state index contributed by atoms with van der Waals surface area (Å²) in [6.45, 7) is 2.76. The Kier molecular flexibility index (Phi) is 6.64. The molecular formula is C14H24N4O4S2. The van der Waals surface area contributed by atoms with Gasteiger partial charge in [0.2, 0.25) is 5.91 Å². The van der Waals surface area contributed by atoms with Gasteiger partial charge in [-0.25, -0.2) is 8.42 Å². The number of ether oxygens (including phenoxy) is 1. The first-order chi connectivity index (χ1) is 11.3. The molecule has 136 valence electrons. The Balaban J connectivity index is 1.91. The molecule has 0 radical (unpaired) electrons. The van der Waals surface area contributed by atoms with E-state index in [2.05, 4.69) is 15.5 Å². The SMILES string of the molecule is COCCNC(=O)[C@@H](C)Sc1nnc(C[C@H]2CCS(=O)(=O)C2)n1C. The zero-order chi connectivity index (χ0) is 17.7. The second kappa shape index (κ2) is 8.30. The summed E-state index contributed by atoms with van der Waals surface area (Å²) in [6.07, 6.45) is 1.27. The Morgan fingerprint density at radius 3 is 2.88 bits per heavy atom. The van der Waals surface area contributed by atoms with Crippen LogP contribution in [-0.4, -0.2) is 66.1 Å². The van der Waals surface area contributed by atoms with Gasteiger partial charge in [0.1, 0.15) is 5.82 Å². The number of sulfone groups is 1. The summed E-state index contributed by atoms with van der Waals surface area (Å²) in [7, 11) is 0.539. The molecule has 1 saturated heterocycles. The van der Waals surface area contributed by atoms with E-state index in [1.54, 1.807) is 7.11 Å². The average Bonchev–Trinajstić information content (AvgIpc) is 3.03. The van der Waals surface area contributed by atoms with Crippen LogP contribution in [0, 0.1) is 5.92 Å². The minimum Gasteiger partial charge on any atom is -0.383 e. The van der Waals surface area contributed by atoms with Crippen LogP contribution in [0.25, 0.3) is 0 Å². The molecule has 0 saturated carbocycles. The highest BCUT2D eigenvalue weighted by Gasteiger charge is 2.29. The lowest BCUT2D eigenvalue weighted by Crippen LogP contribution is -2.33. The first kappa shape index (κ1) is 19.2. The Hall–Kier alpha value is -1.13. The molecule has 1 N–H and O–H groups in total. The Bertz CT molecular complexity index is 674. The summed E-state index contributed by atoms with van der Waals surface area (Å²) >= 11 is 1.33. The van der Waals surface area contributed by atoms with Crippen molar-refractivity contribution >= 4 is 27.5 Å². The lowest BCUT2D eigenvalue weighted by atomic mass is 10.1. The maximum absolute atomic E-state index is 12.0. The van der Waals surface area contributed by atoms with E-state index < -0.39 is 9.84 Å². The fourth-order valence-electron chi connectivity index (χ4n) is 2.55. The Morgan fingerprint density at radius 1 is 1.50 bits per heavy atom. The van der Waals surface area contributed by atoms with Crippen molar-refractivity contribution in [2.75, 3.05) is 31.8 Å². The molecule has 0 aliphatic carbocycles. The molecule has 0 aromatic carbocycles. The van der Waals surface area contributed by atoms with Gasteiger partial charge in [0.05, 0.1) is 23.4 Å². The van der Waals surface area contributed by atoms with Gasteiger partial charge in [-0.2, -0.15) is 0 Å². The van der Waals surface area contributed by atoms with Crippen LogP contribution in [0.4, 0.5) is 0 Å². The van der Waals surface area contributed by atoms with Crippen molar-refractivity contribution in [2.45, 2.75) is 30.2 Å². The third-order valence-electron chi connectivity index (χ3n) is 3.98. The largest absolute Gasteiger partial charge is 0.383 e. The van der Waals surface area contributed by atoms with Crippen LogP contribution in [0.5, 0.6) is 0 Å². The van der Waals surface area contributed by atoms with Crippen LogP contribution in [-0.2, 0) is 32.8 Å². The number of hydrogen-bond acceptors (Lipinski definition) is 7. The topological polar surface area (TPSA) is 103 Å². The monoisotopic (exact) mass is 376 g/mol. The molecule has 2 heterocycles. The molecule has 1 amide bonds. The quantitative estimate of drug-likeness (QED) is 0.504. The van der Waals surface area contributed by atoms with Gasteiger partial charge in [0.15, 0.2) is 15.0 Å². The van der Waals surface area contributed by atoms with Gasteiger partial charge in [0, 0.05) is 27.1 Å². The minimum atomic E-state index is -2.89. The van der Waals surface area contributed by atoms with Gasteiger partial charge in [0.25, 0.3) is 0 Å². The molecule has 8 nitrogen and oxygen atoms in total. The van der Waals surface area contributed by atoms with Gasteiger partial charge in [-0.3, -0.25) is 4.79 Å². The lowest BCUT2D eigenvalue weighted by molar-refractivity contribution is -0.120. The van der Waals surface area contributed by atoms with E-state index in [4.69, 9.17) is 4.74 Å². The summed E-state index contributed by atoms with van der Waals surface area (Å²) in [5, 5.41) is 11.4. The molecular weight excluding hydrogens is 352 g/mol. The fourth-order valence-corrected chi connectivity index (χ4v) is 5.27. The zero-order valence-electron chi connectivity index (χ0n) is 14.2. The van der Waals surface area contributed by atoms with Gasteiger partial charge in [-0.1, -0.05) is 11.8 Å². The molecule has 24 heavy (non-hydrogen) atoms. The second-order valence-electron chi connectivity index (χ2n) is 5.97. The Labute approximate surface area is 146 Å². The number of amides is 1. The van der Waals surface area contributed by atoms with E-state index in [1.165, 1.54) is 11.8 Å². The summed E-state index contributed by atoms with van der Waals surface area (Å²) in [5.41, 5.74) is 0. The van der Waals surface area contributed by atoms with Crippen molar-refractivity contribution in [1.29, 1.82) is 0 Å². The number of methoxy groups -OCH3 is 1. The third kappa shape index (κ3) is 5.18. The van der Waals surface area contributed by atoms with Crippen LogP contribution in [0.1, 0.15) is 19.2 Å². The number of carbonyl (C=O) groups excluding carboxylic acids is 1. The minimum absolute atomic E-state index is 0.0801. The number of nitrogens with one attached hydrogen (secondary N) is 1. The van der Waals surface area contributed by atoms with Crippen molar-refractivity contribution in [3.63, 3.8) is 0 Å². The van der Waals surface area contributed by atoms with Crippen LogP contribution >= 0.6 is 11.8 Å². The maximum Gasteiger partial charge on any atom is 0.233 e. The van der Waals surface area contributed by atoms with Crippen LogP contribution < -0.4 is 5.32 Å². The van der Waals surface area contributed by atoms with Crippen LogP contribution in [0.2, 0.25) is 0 Å². The van der Waals surface area contributed by atoms with Crippen LogP contribution in [0.15, 0.2) is 5.16 Å². The highest BCUT2D eigenvalue weighted by molar-refractivity contribution is 8.00. The van der Waals surface area contributed by atoms with Crippen molar-refractivity contribution in [3.8, 4) is 0 Å². The summed E-state index contributed by atoms with van der Waals surface area (Å²) in [5.74, 6) is 1.26. The van der Waals surface area contributed by atoms with Crippen molar-refractivity contribution in [2.24, 2.45) is 13.0 Å². The van der Waals surface area contributed by atoms with E-state index in [0.717, 1.165) is 5.82 Å². The molecule has 1 fully saturated rings. The highest BCUT2D eigenvalue weighted by atomic mass is 32.2. The molecule has 10 heteroatoms. The molecule has 0 bridgehead atoms. The van der Waals surface area contributed by atoms with Gasteiger partial charge >= 0.3 is 0 Å². The van der Waals surface area contributed by atoms with Crippen molar-refractivity contribution in [3.05, 3.63) is 5.82 Å². The van der Waals surface area contributed by atoms with Crippen molar-refractivity contribution in [1.82, 2.24) is 20.1 Å². The zero-order valence-corrected chi connectivity index (χ0v) is 15.8. The summed E-state index contributed by atoms with van der Waals surface area (Å²) in [6, 6.07) is 0. The molecule has 0 spiro atoms. The summed E-state index contributed by atoms with van der Waals surface area (Å²) < 4.78 is 29.8. The summed E-state index contributed by atoms with van der Waals surface area (Å²) in [4.78, 5) is 12.0. The standard InChI is InChI=1S/C14H24N4O4S2/c1-10(13(19)15-5-6-22-3)23-14-17-16-12(18(14)2)8-11-4-7-24(20,21)9-11/h10-11H,4-9H2,1-3H3,(H,15,19)/t10-,11-/m1/s1. The third-order valence-corrected chi connectivity index (χ3v) is 6.95. The molecule has 1 aliphatic rings. The first-order valence-corrected chi connectivity index (χ1v) is 10.5. The fraction of sp³-hybridized carbons (Fsp3) is 0.786. The molecule has 1 aliphatic heterocycles. The van der Waals surface area contributed by atoms with Crippen LogP contribution in [0.3, 0.4) is 0 Å². The molecule has 0 unspecified atom stereocenters. The second-order valence-corrected chi connectivity index (χ2v) is 9.51. The van der Waals surface area contributed by atoms with E-state index >= 15 is 0 Å². The normalized spacial score (nSPS) is 20.9. The maximum atomic E-state index is 12.0. The number of thioether (sulfide) groups is 1. The molecule has 2 rings (SSSR count).